The monoisotopic (exact) mass is 327 g/mol. The minimum absolute atomic E-state index is 0.203. The van der Waals surface area contributed by atoms with Crippen LogP contribution in [0.1, 0.15) is 11.1 Å². The first-order valence-corrected chi connectivity index (χ1v) is 7.96. The van der Waals surface area contributed by atoms with Gasteiger partial charge in [-0.1, -0.05) is 42.5 Å². The molecule has 0 aliphatic rings. The van der Waals surface area contributed by atoms with Crippen LogP contribution in [-0.2, 0) is 13.0 Å². The van der Waals surface area contributed by atoms with Crippen molar-refractivity contribution in [2.24, 2.45) is 4.99 Å². The molecule has 0 atom stereocenters. The lowest BCUT2D eigenvalue weighted by molar-refractivity contribution is 0.370. The van der Waals surface area contributed by atoms with Crippen molar-refractivity contribution in [3.05, 3.63) is 59.7 Å². The Morgan fingerprint density at radius 2 is 1.88 bits per heavy atom. The van der Waals surface area contributed by atoms with E-state index in [-0.39, 0.29) is 5.75 Å². The molecule has 0 bridgehead atoms. The fourth-order valence-electron chi connectivity index (χ4n) is 2.35. The van der Waals surface area contributed by atoms with E-state index in [1.807, 2.05) is 49.3 Å². The van der Waals surface area contributed by atoms with Crippen LogP contribution in [0.4, 0.5) is 0 Å². The molecule has 0 saturated heterocycles. The quantitative estimate of drug-likeness (QED) is 0.633. The van der Waals surface area contributed by atoms with Crippen molar-refractivity contribution in [2.75, 3.05) is 27.7 Å². The second-order valence-electron chi connectivity index (χ2n) is 5.66. The van der Waals surface area contributed by atoms with Gasteiger partial charge in [-0.25, -0.2) is 4.99 Å². The Balaban J connectivity index is 1.95. The van der Waals surface area contributed by atoms with Gasteiger partial charge < -0.3 is 20.1 Å². The highest BCUT2D eigenvalue weighted by atomic mass is 16.5. The Hall–Kier alpha value is -2.69. The molecule has 0 aliphatic carbocycles. The first-order valence-electron chi connectivity index (χ1n) is 7.96. The van der Waals surface area contributed by atoms with Crippen LogP contribution in [0.25, 0.3) is 0 Å². The average molecular weight is 327 g/mol. The first-order chi connectivity index (χ1) is 11.6. The minimum Gasteiger partial charge on any atom is -0.504 e. The highest BCUT2D eigenvalue weighted by Crippen LogP contribution is 2.29. The summed E-state index contributed by atoms with van der Waals surface area (Å²) >= 11 is 0. The van der Waals surface area contributed by atoms with E-state index in [0.717, 1.165) is 11.5 Å². The second-order valence-corrected chi connectivity index (χ2v) is 5.66. The van der Waals surface area contributed by atoms with Crippen molar-refractivity contribution in [3.63, 3.8) is 0 Å². The summed E-state index contributed by atoms with van der Waals surface area (Å²) in [5, 5.41) is 13.4. The van der Waals surface area contributed by atoms with E-state index in [4.69, 9.17) is 4.74 Å². The molecule has 0 radical (unpaired) electrons. The van der Waals surface area contributed by atoms with Gasteiger partial charge in [-0.3, -0.25) is 0 Å². The van der Waals surface area contributed by atoms with Crippen molar-refractivity contribution in [1.82, 2.24) is 10.2 Å². The molecule has 2 aromatic rings. The largest absolute Gasteiger partial charge is 0.504 e. The van der Waals surface area contributed by atoms with Crippen LogP contribution >= 0.6 is 0 Å². The fraction of sp³-hybridized carbons (Fsp3) is 0.316. The molecule has 2 rings (SSSR count). The van der Waals surface area contributed by atoms with Gasteiger partial charge >= 0.3 is 0 Å². The Labute approximate surface area is 143 Å². The van der Waals surface area contributed by atoms with Gasteiger partial charge in [0, 0.05) is 20.6 Å². The predicted octanol–water partition coefficient (Wildman–Crippen LogP) is 2.65. The molecule has 0 aromatic heterocycles. The molecular formula is C19H25N3O2. The molecule has 0 amide bonds. The zero-order valence-electron chi connectivity index (χ0n) is 14.5. The summed E-state index contributed by atoms with van der Waals surface area (Å²) in [6.07, 6.45) is 0.682. The van der Waals surface area contributed by atoms with Crippen LogP contribution in [0, 0.1) is 0 Å². The van der Waals surface area contributed by atoms with E-state index in [1.54, 1.807) is 13.2 Å². The standard InChI is InChI=1S/C19H25N3O2/c1-22(2)19(21-14-15-8-5-4-6-9-15)20-13-12-16-10-7-11-17(24-3)18(16)23/h4-11,23H,12-14H2,1-3H3,(H,20,21). The molecule has 0 saturated carbocycles. The molecule has 0 aliphatic heterocycles. The van der Waals surface area contributed by atoms with Crippen LogP contribution in [0.15, 0.2) is 53.5 Å². The van der Waals surface area contributed by atoms with Gasteiger partial charge in [0.25, 0.3) is 0 Å². The number of phenolic OH excluding ortho intramolecular Hbond substituents is 1. The Kier molecular flexibility index (Phi) is 6.49. The first kappa shape index (κ1) is 17.7. The number of rotatable bonds is 6. The maximum absolute atomic E-state index is 10.1. The third-order valence-corrected chi connectivity index (χ3v) is 3.66. The molecule has 5 heteroatoms. The van der Waals surface area contributed by atoms with Gasteiger partial charge in [-0.05, 0) is 23.6 Å². The lowest BCUT2D eigenvalue weighted by Crippen LogP contribution is -2.37. The number of nitrogens with one attached hydrogen (secondary N) is 1. The summed E-state index contributed by atoms with van der Waals surface area (Å²) < 4.78 is 5.14. The van der Waals surface area contributed by atoms with Gasteiger partial charge in [0.05, 0.1) is 13.7 Å². The number of methoxy groups -OCH3 is 1. The van der Waals surface area contributed by atoms with E-state index in [9.17, 15) is 5.11 Å². The van der Waals surface area contributed by atoms with Crippen LogP contribution in [0.2, 0.25) is 0 Å². The molecule has 2 aromatic carbocycles. The minimum atomic E-state index is 0.203. The number of ether oxygens (including phenoxy) is 1. The van der Waals surface area contributed by atoms with Crippen LogP contribution in [0.5, 0.6) is 11.5 Å². The number of aliphatic imine (C=N–C) groups is 1. The van der Waals surface area contributed by atoms with Gasteiger partial charge in [0.15, 0.2) is 17.5 Å². The highest BCUT2D eigenvalue weighted by molar-refractivity contribution is 5.79. The number of hydrogen-bond donors (Lipinski definition) is 2. The highest BCUT2D eigenvalue weighted by Gasteiger charge is 2.08. The molecular weight excluding hydrogens is 302 g/mol. The van der Waals surface area contributed by atoms with Crippen molar-refractivity contribution >= 4 is 5.96 Å². The number of nitrogens with zero attached hydrogens (tertiary/aromatic N) is 2. The number of guanidine groups is 1. The molecule has 0 fully saturated rings. The smallest absolute Gasteiger partial charge is 0.193 e. The second kappa shape index (κ2) is 8.82. The van der Waals surface area contributed by atoms with E-state index in [0.29, 0.717) is 25.3 Å². The van der Waals surface area contributed by atoms with Crippen molar-refractivity contribution < 1.29 is 9.84 Å². The van der Waals surface area contributed by atoms with Crippen LogP contribution in [0.3, 0.4) is 0 Å². The third-order valence-electron chi connectivity index (χ3n) is 3.66. The zero-order valence-corrected chi connectivity index (χ0v) is 14.5. The molecule has 0 unspecified atom stereocenters. The average Bonchev–Trinajstić information content (AvgIpc) is 2.59. The Bertz CT molecular complexity index is 670. The van der Waals surface area contributed by atoms with Crippen molar-refractivity contribution in [2.45, 2.75) is 13.0 Å². The number of hydrogen-bond acceptors (Lipinski definition) is 3. The topological polar surface area (TPSA) is 57.1 Å². The summed E-state index contributed by atoms with van der Waals surface area (Å²) in [6.45, 7) is 1.30. The normalized spacial score (nSPS) is 11.2. The van der Waals surface area contributed by atoms with E-state index in [2.05, 4.69) is 22.4 Å². The number of aromatic hydroxyl groups is 1. The summed E-state index contributed by atoms with van der Waals surface area (Å²) in [4.78, 5) is 6.58. The van der Waals surface area contributed by atoms with Crippen molar-refractivity contribution in [3.8, 4) is 11.5 Å². The maximum atomic E-state index is 10.1. The SMILES string of the molecule is COc1cccc(CCNC(=NCc2ccccc2)N(C)C)c1O. The lowest BCUT2D eigenvalue weighted by atomic mass is 10.1. The molecule has 0 spiro atoms. The predicted molar refractivity (Wildman–Crippen MR) is 97.6 cm³/mol. The Morgan fingerprint density at radius 3 is 2.54 bits per heavy atom. The maximum Gasteiger partial charge on any atom is 0.193 e. The molecule has 5 nitrogen and oxygen atoms in total. The third kappa shape index (κ3) is 4.91. The number of phenols is 1. The summed E-state index contributed by atoms with van der Waals surface area (Å²) in [7, 11) is 5.47. The molecule has 0 heterocycles. The van der Waals surface area contributed by atoms with Gasteiger partial charge in [0.1, 0.15) is 0 Å². The zero-order chi connectivity index (χ0) is 17.4. The Morgan fingerprint density at radius 1 is 1.12 bits per heavy atom. The van der Waals surface area contributed by atoms with E-state index in [1.165, 1.54) is 5.56 Å². The summed E-state index contributed by atoms with van der Waals surface area (Å²) in [6, 6.07) is 15.7. The van der Waals surface area contributed by atoms with Crippen LogP contribution in [-0.4, -0.2) is 43.7 Å². The summed E-state index contributed by atoms with van der Waals surface area (Å²) in [5.74, 6) is 1.52. The lowest BCUT2D eigenvalue weighted by Gasteiger charge is -2.18. The van der Waals surface area contributed by atoms with E-state index >= 15 is 0 Å². The molecule has 2 N–H and O–H groups in total. The van der Waals surface area contributed by atoms with Gasteiger partial charge in [0.2, 0.25) is 0 Å². The van der Waals surface area contributed by atoms with Crippen LogP contribution < -0.4 is 10.1 Å². The molecule has 24 heavy (non-hydrogen) atoms. The van der Waals surface area contributed by atoms with Crippen molar-refractivity contribution in [1.29, 1.82) is 0 Å². The van der Waals surface area contributed by atoms with E-state index < -0.39 is 0 Å². The number of para-hydroxylation sites is 1. The fourth-order valence-corrected chi connectivity index (χ4v) is 2.35. The number of benzene rings is 2. The van der Waals surface area contributed by atoms with Gasteiger partial charge in [-0.15, -0.1) is 0 Å². The molecule has 128 valence electrons. The van der Waals surface area contributed by atoms with Gasteiger partial charge in [-0.2, -0.15) is 0 Å². The summed E-state index contributed by atoms with van der Waals surface area (Å²) in [5.41, 5.74) is 2.02.